The molecule has 1 heterocycles. The third-order valence-corrected chi connectivity index (χ3v) is 2.60. The third-order valence-electron chi connectivity index (χ3n) is 2.60. The van der Waals surface area contributed by atoms with Crippen LogP contribution in [0.5, 0.6) is 0 Å². The van der Waals surface area contributed by atoms with E-state index < -0.39 is 29.0 Å². The predicted molar refractivity (Wildman–Crippen MR) is 62.3 cm³/mol. The monoisotopic (exact) mass is 263 g/mol. The number of carbonyl (C=O) groups excluding carboxylic acids is 2. The molecule has 19 heavy (non-hydrogen) atoms. The fourth-order valence-electron chi connectivity index (χ4n) is 1.65. The molecule has 2 aliphatic rings. The average Bonchev–Trinajstić information content (AvgIpc) is 2.57. The van der Waals surface area contributed by atoms with Crippen LogP contribution >= 0.6 is 0 Å². The highest BCUT2D eigenvalue weighted by molar-refractivity contribution is 6.04. The van der Waals surface area contributed by atoms with Gasteiger partial charge in [0.05, 0.1) is 11.0 Å². The second-order valence-corrected chi connectivity index (χ2v) is 3.86. The Hall–Kier alpha value is -2.70. The van der Waals surface area contributed by atoms with Gasteiger partial charge >= 0.3 is 6.03 Å². The van der Waals surface area contributed by atoms with Crippen LogP contribution in [-0.4, -0.2) is 34.1 Å². The molecule has 98 valence electrons. The first-order valence-electron chi connectivity index (χ1n) is 5.27. The number of rotatable bonds is 3. The van der Waals surface area contributed by atoms with Crippen LogP contribution in [0.4, 0.5) is 4.79 Å². The molecule has 0 bridgehead atoms. The highest BCUT2D eigenvalue weighted by Crippen LogP contribution is 2.14. The minimum atomic E-state index is -1.31. The quantitative estimate of drug-likeness (QED) is 0.271. The number of nitro groups is 1. The van der Waals surface area contributed by atoms with E-state index in [9.17, 15) is 24.8 Å². The van der Waals surface area contributed by atoms with E-state index in [-0.39, 0.29) is 11.3 Å². The smallest absolute Gasteiger partial charge is 0.322 e. The van der Waals surface area contributed by atoms with Crippen LogP contribution in [0, 0.1) is 10.1 Å². The highest BCUT2D eigenvalue weighted by Gasteiger charge is 2.36. The first-order valence-corrected chi connectivity index (χ1v) is 5.27. The number of hydrogen-bond donors (Lipinski definition) is 3. The molecule has 0 spiro atoms. The van der Waals surface area contributed by atoms with E-state index >= 15 is 0 Å². The number of nitrogens with zero attached hydrogens (tertiary/aromatic N) is 1. The maximum absolute atomic E-state index is 11.4. The van der Waals surface area contributed by atoms with Gasteiger partial charge in [-0.05, 0) is 17.7 Å². The molecule has 8 heteroatoms. The maximum atomic E-state index is 11.4. The molecule has 0 aromatic carbocycles. The first kappa shape index (κ1) is 12.7. The van der Waals surface area contributed by atoms with E-state index in [1.165, 1.54) is 18.2 Å². The number of imide groups is 1. The molecule has 1 fully saturated rings. The summed E-state index contributed by atoms with van der Waals surface area (Å²) in [6, 6.07) is -1.81. The van der Waals surface area contributed by atoms with Gasteiger partial charge in [-0.3, -0.25) is 20.2 Å². The Bertz CT molecular complexity index is 583. The number of carbonyl (C=O) groups is 2. The summed E-state index contributed by atoms with van der Waals surface area (Å²) in [5, 5.41) is 24.8. The number of aliphatic hydroxyl groups is 1. The molecular weight excluding hydrogens is 254 g/mol. The number of allylic oxidation sites excluding steroid dienone is 3. The van der Waals surface area contributed by atoms with Crippen molar-refractivity contribution in [2.24, 2.45) is 0 Å². The van der Waals surface area contributed by atoms with Crippen molar-refractivity contribution < 1.29 is 19.6 Å². The van der Waals surface area contributed by atoms with Crippen LogP contribution in [0.15, 0.2) is 41.3 Å². The molecular formula is C11H9N3O5. The van der Waals surface area contributed by atoms with Gasteiger partial charge in [0, 0.05) is 6.08 Å². The molecule has 1 saturated heterocycles. The molecule has 3 amide bonds. The SMILES string of the molecule is O=C1NC(=O)C(C(O)C2=CC=C([N+](=O)[O-])C=C=C2)N1. The second kappa shape index (κ2) is 4.89. The van der Waals surface area contributed by atoms with Gasteiger partial charge in [-0.25, -0.2) is 4.79 Å². The van der Waals surface area contributed by atoms with Crippen molar-refractivity contribution in [2.45, 2.75) is 12.1 Å². The van der Waals surface area contributed by atoms with E-state index in [2.05, 4.69) is 11.0 Å². The van der Waals surface area contributed by atoms with Crippen molar-refractivity contribution in [1.82, 2.24) is 10.6 Å². The summed E-state index contributed by atoms with van der Waals surface area (Å²) in [5.74, 6) is -0.654. The number of urea groups is 1. The lowest BCUT2D eigenvalue weighted by atomic mass is 10.0. The molecule has 3 N–H and O–H groups in total. The Morgan fingerprint density at radius 2 is 2.11 bits per heavy atom. The van der Waals surface area contributed by atoms with Gasteiger partial charge in [0.2, 0.25) is 0 Å². The Balaban J connectivity index is 2.23. The summed E-state index contributed by atoms with van der Waals surface area (Å²) in [6.07, 6.45) is 3.63. The summed E-state index contributed by atoms with van der Waals surface area (Å²) >= 11 is 0. The lowest BCUT2D eigenvalue weighted by Gasteiger charge is -2.15. The van der Waals surface area contributed by atoms with Crippen molar-refractivity contribution in [3.8, 4) is 0 Å². The lowest BCUT2D eigenvalue weighted by Crippen LogP contribution is -2.41. The zero-order valence-electron chi connectivity index (χ0n) is 9.49. The molecule has 8 nitrogen and oxygen atoms in total. The average molecular weight is 263 g/mol. The summed E-state index contributed by atoms with van der Waals surface area (Å²) in [6.45, 7) is 0. The van der Waals surface area contributed by atoms with Gasteiger partial charge in [0.25, 0.3) is 11.6 Å². The van der Waals surface area contributed by atoms with Crippen LogP contribution in [0.25, 0.3) is 0 Å². The van der Waals surface area contributed by atoms with Crippen molar-refractivity contribution >= 4 is 11.9 Å². The Morgan fingerprint density at radius 1 is 1.37 bits per heavy atom. The van der Waals surface area contributed by atoms with Crippen molar-refractivity contribution in [3.05, 3.63) is 51.4 Å². The molecule has 2 rings (SSSR count). The van der Waals surface area contributed by atoms with Gasteiger partial charge in [-0.2, -0.15) is 0 Å². The van der Waals surface area contributed by atoms with Crippen LogP contribution in [0.2, 0.25) is 0 Å². The minimum absolute atomic E-state index is 0.196. The van der Waals surface area contributed by atoms with Gasteiger partial charge in [-0.1, -0.05) is 0 Å². The number of aliphatic hydroxyl groups excluding tert-OH is 1. The first-order chi connectivity index (χ1) is 8.99. The Kier molecular flexibility index (Phi) is 3.28. The topological polar surface area (TPSA) is 122 Å². The van der Waals surface area contributed by atoms with E-state index in [1.807, 2.05) is 5.32 Å². The molecule has 0 saturated carbocycles. The minimum Gasteiger partial charge on any atom is -0.386 e. The summed E-state index contributed by atoms with van der Waals surface area (Å²) in [7, 11) is 0. The fraction of sp³-hybridized carbons (Fsp3) is 0.182. The molecule has 2 unspecified atom stereocenters. The number of nitrogens with one attached hydrogen (secondary N) is 2. The van der Waals surface area contributed by atoms with E-state index in [1.54, 1.807) is 0 Å². The van der Waals surface area contributed by atoms with E-state index in [0.717, 1.165) is 6.08 Å². The lowest BCUT2D eigenvalue weighted by molar-refractivity contribution is -0.418. The standard InChI is InChI=1S/C11H9N3O5/c15-9(8-10(16)13-11(17)12-8)6-2-1-3-7(5-4-6)14(18)19/h2-5,8-9,15H,(H2,12,13,16,17). The van der Waals surface area contributed by atoms with Gasteiger partial charge in [0.1, 0.15) is 12.1 Å². The summed E-state index contributed by atoms with van der Waals surface area (Å²) in [5.41, 5.74) is 2.56. The molecule has 2 atom stereocenters. The van der Waals surface area contributed by atoms with Crippen LogP contribution in [0.1, 0.15) is 0 Å². The van der Waals surface area contributed by atoms with E-state index in [4.69, 9.17) is 0 Å². The summed E-state index contributed by atoms with van der Waals surface area (Å²) in [4.78, 5) is 32.3. The zero-order chi connectivity index (χ0) is 14.0. The molecule has 0 aromatic heterocycles. The van der Waals surface area contributed by atoms with Crippen LogP contribution in [-0.2, 0) is 4.79 Å². The zero-order valence-corrected chi connectivity index (χ0v) is 9.49. The van der Waals surface area contributed by atoms with E-state index in [0.29, 0.717) is 0 Å². The molecule has 0 radical (unpaired) electrons. The van der Waals surface area contributed by atoms with Crippen LogP contribution in [0.3, 0.4) is 0 Å². The van der Waals surface area contributed by atoms with Crippen molar-refractivity contribution in [3.63, 3.8) is 0 Å². The van der Waals surface area contributed by atoms with Crippen molar-refractivity contribution in [1.29, 1.82) is 0 Å². The molecule has 1 aliphatic heterocycles. The highest BCUT2D eigenvalue weighted by atomic mass is 16.6. The molecule has 1 aliphatic carbocycles. The normalized spacial score (nSPS) is 23.1. The largest absolute Gasteiger partial charge is 0.386 e. The number of amides is 3. The maximum Gasteiger partial charge on any atom is 0.322 e. The van der Waals surface area contributed by atoms with Gasteiger partial charge in [-0.15, -0.1) is 5.73 Å². The number of hydrogen-bond acceptors (Lipinski definition) is 5. The fourth-order valence-corrected chi connectivity index (χ4v) is 1.65. The second-order valence-electron chi connectivity index (χ2n) is 3.86. The Morgan fingerprint density at radius 3 is 2.68 bits per heavy atom. The predicted octanol–water partition coefficient (Wildman–Crippen LogP) is -0.633. The van der Waals surface area contributed by atoms with Crippen LogP contribution < -0.4 is 10.6 Å². The van der Waals surface area contributed by atoms with Crippen molar-refractivity contribution in [2.75, 3.05) is 0 Å². The third kappa shape index (κ3) is 2.59. The Labute approximate surface area is 106 Å². The van der Waals surface area contributed by atoms with Gasteiger partial charge < -0.3 is 10.4 Å². The molecule has 0 aromatic rings. The summed E-state index contributed by atoms with van der Waals surface area (Å²) < 4.78 is 0. The van der Waals surface area contributed by atoms with Gasteiger partial charge in [0.15, 0.2) is 0 Å².